The average molecular weight is 1100 g/mol. The standard InChI is InChI=1S/C26H23F4N5O5.C24H21ClF3N5O4/c27-25(28)20-14-17(7-8-22(20)39-26(29,30)40-25)33-24(37)32-16-5-4-6-18(13-16)38-19-9-10-31-21(15-19)23(36)34-35-11-2-1-3-12-35;25-20-5-4-16(13-19(20)24(26,27)28)31-23(35)30-15-2-1-3-17(12-15)37-18-6-7-29-21(14-18)22(34)32-33-8-10-36-11-9-33/h4-10,13-15H,1-3,11-12H2,(H,34,36)(H2,32,33,37);1-7,12-14H,8-11H2,(H,32,34)(H2,30,31,35). The monoisotopic (exact) mass is 1100 g/mol. The molecule has 5 heterocycles. The van der Waals surface area contributed by atoms with Crippen molar-refractivity contribution in [1.82, 2.24) is 30.8 Å². The van der Waals surface area contributed by atoms with Crippen LogP contribution in [0.2, 0.25) is 5.02 Å². The molecule has 9 rings (SSSR count). The Morgan fingerprint density at radius 3 is 1.60 bits per heavy atom. The zero-order valence-corrected chi connectivity index (χ0v) is 40.7. The Labute approximate surface area is 437 Å². The lowest BCUT2D eigenvalue weighted by Gasteiger charge is -2.30. The molecule has 3 aliphatic rings. The molecule has 0 saturated carbocycles. The van der Waals surface area contributed by atoms with Crippen LogP contribution in [-0.4, -0.2) is 89.5 Å². The second-order valence-electron chi connectivity index (χ2n) is 16.8. The number of anilines is 4. The Morgan fingerprint density at radius 2 is 1.06 bits per heavy atom. The number of alkyl halides is 7. The van der Waals surface area contributed by atoms with Gasteiger partial charge < -0.3 is 40.2 Å². The van der Waals surface area contributed by atoms with Gasteiger partial charge in [-0.25, -0.2) is 24.3 Å². The number of urea groups is 2. The van der Waals surface area contributed by atoms with E-state index in [2.05, 4.69) is 51.6 Å². The van der Waals surface area contributed by atoms with Gasteiger partial charge in [-0.2, -0.15) is 22.0 Å². The molecule has 0 unspecified atom stereocenters. The van der Waals surface area contributed by atoms with Crippen molar-refractivity contribution >= 4 is 58.2 Å². The number of aromatic nitrogens is 2. The molecule has 19 nitrogen and oxygen atoms in total. The summed E-state index contributed by atoms with van der Waals surface area (Å²) in [5, 5.41) is 12.9. The van der Waals surface area contributed by atoms with Crippen molar-refractivity contribution in [1.29, 1.82) is 0 Å². The number of hydrazine groups is 2. The summed E-state index contributed by atoms with van der Waals surface area (Å²) in [7, 11) is 0. The minimum Gasteiger partial charge on any atom is -0.457 e. The summed E-state index contributed by atoms with van der Waals surface area (Å²) in [6, 6.07) is 23.0. The molecule has 6 amide bonds. The van der Waals surface area contributed by atoms with E-state index in [4.69, 9.17) is 25.8 Å². The van der Waals surface area contributed by atoms with Crippen LogP contribution in [0, 0.1) is 0 Å². The normalized spacial score (nSPS) is 15.9. The van der Waals surface area contributed by atoms with Crippen molar-refractivity contribution in [2.24, 2.45) is 0 Å². The van der Waals surface area contributed by atoms with Gasteiger partial charge in [-0.05, 0) is 85.6 Å². The number of rotatable bonds is 12. The number of piperidine rings is 1. The fourth-order valence-electron chi connectivity index (χ4n) is 7.51. The first-order valence-corrected chi connectivity index (χ1v) is 23.6. The average Bonchev–Trinajstić information content (AvgIpc) is 3.40. The fourth-order valence-corrected chi connectivity index (χ4v) is 7.74. The SMILES string of the molecule is O=C(Nc1cccc(Oc2ccnc(C(=O)NN3CCCCC3)c2)c1)Nc1ccc2c(c1)C(F)(F)OC(F)(F)O2.O=C(Nc1cccc(Oc2ccnc(C(=O)NN3CCOCC3)c2)c1)Nc1ccc(Cl)c(C(F)(F)F)c1. The third-order valence-corrected chi connectivity index (χ3v) is 11.4. The smallest absolute Gasteiger partial charge is 0.457 e. The Hall–Kier alpha value is -8.30. The number of nitrogens with zero attached hydrogens (tertiary/aromatic N) is 4. The summed E-state index contributed by atoms with van der Waals surface area (Å²) < 4.78 is 118. The quantitative estimate of drug-likeness (QED) is 0.0629. The molecular weight excluding hydrogens is 1050 g/mol. The van der Waals surface area contributed by atoms with E-state index < -0.39 is 58.4 Å². The van der Waals surface area contributed by atoms with E-state index >= 15 is 0 Å². The molecule has 2 saturated heterocycles. The molecule has 4 aromatic carbocycles. The second kappa shape index (κ2) is 24.1. The number of benzene rings is 4. The minimum absolute atomic E-state index is 0.0821. The van der Waals surface area contributed by atoms with Crippen LogP contribution in [0.1, 0.15) is 51.4 Å². The second-order valence-corrected chi connectivity index (χ2v) is 17.2. The van der Waals surface area contributed by atoms with Crippen molar-refractivity contribution < 1.29 is 73.6 Å². The van der Waals surface area contributed by atoms with Gasteiger partial charge in [0.15, 0.2) is 0 Å². The Kier molecular flexibility index (Phi) is 17.2. The number of carbonyl (C=O) groups is 4. The lowest BCUT2D eigenvalue weighted by molar-refractivity contribution is -0.461. The maximum Gasteiger partial charge on any atom is 0.540 e. The minimum atomic E-state index is -4.66. The van der Waals surface area contributed by atoms with E-state index in [1.54, 1.807) is 53.5 Å². The van der Waals surface area contributed by atoms with E-state index in [-0.39, 0.29) is 28.7 Å². The molecule has 77 heavy (non-hydrogen) atoms. The first kappa shape index (κ1) is 54.9. The molecular formula is C50H44ClF7N10O9. The van der Waals surface area contributed by atoms with Crippen molar-refractivity contribution in [3.63, 3.8) is 0 Å². The van der Waals surface area contributed by atoms with Crippen molar-refractivity contribution in [3.8, 4) is 28.7 Å². The molecule has 0 radical (unpaired) electrons. The third-order valence-electron chi connectivity index (χ3n) is 11.0. The van der Waals surface area contributed by atoms with E-state index in [0.717, 1.165) is 62.7 Å². The first-order chi connectivity index (χ1) is 36.7. The van der Waals surface area contributed by atoms with Gasteiger partial charge in [0.2, 0.25) is 0 Å². The van der Waals surface area contributed by atoms with E-state index in [1.165, 1.54) is 42.7 Å². The van der Waals surface area contributed by atoms with Crippen LogP contribution in [0.25, 0.3) is 0 Å². The van der Waals surface area contributed by atoms with E-state index in [0.29, 0.717) is 60.7 Å². The maximum atomic E-state index is 14.0. The largest absolute Gasteiger partial charge is 0.540 e. The van der Waals surface area contributed by atoms with Crippen LogP contribution < -0.4 is 46.3 Å². The van der Waals surface area contributed by atoms with Crippen molar-refractivity contribution in [2.75, 3.05) is 60.7 Å². The van der Waals surface area contributed by atoms with Gasteiger partial charge in [0.25, 0.3) is 11.8 Å². The Balaban J connectivity index is 0.000000204. The number of pyridine rings is 2. The molecule has 0 spiro atoms. The lowest BCUT2D eigenvalue weighted by Crippen LogP contribution is -2.48. The summed E-state index contributed by atoms with van der Waals surface area (Å²) in [5.41, 5.74) is 4.31. The van der Waals surface area contributed by atoms with Gasteiger partial charge in [-0.1, -0.05) is 30.2 Å². The van der Waals surface area contributed by atoms with Crippen LogP contribution in [0.15, 0.2) is 122 Å². The number of hydrogen-bond donors (Lipinski definition) is 6. The highest BCUT2D eigenvalue weighted by molar-refractivity contribution is 6.31. The van der Waals surface area contributed by atoms with Gasteiger partial charge >= 0.3 is 30.6 Å². The Bertz CT molecular complexity index is 3110. The summed E-state index contributed by atoms with van der Waals surface area (Å²) in [6.45, 7) is 3.72. The number of hydrogen-bond acceptors (Lipinski definition) is 13. The van der Waals surface area contributed by atoms with Crippen LogP contribution in [0.4, 0.5) is 63.1 Å². The molecule has 0 bridgehead atoms. The number of amides is 6. The first-order valence-electron chi connectivity index (χ1n) is 23.2. The van der Waals surface area contributed by atoms with Gasteiger partial charge in [0, 0.05) is 85.6 Å². The van der Waals surface area contributed by atoms with Crippen molar-refractivity contribution in [2.45, 2.75) is 37.8 Å². The highest BCUT2D eigenvalue weighted by Gasteiger charge is 2.54. The topological polar surface area (TPSA) is 219 Å². The van der Waals surface area contributed by atoms with Crippen LogP contribution in [0.5, 0.6) is 28.7 Å². The molecule has 404 valence electrons. The van der Waals surface area contributed by atoms with Gasteiger partial charge in [-0.3, -0.25) is 30.4 Å². The van der Waals surface area contributed by atoms with Crippen LogP contribution in [0.3, 0.4) is 0 Å². The molecule has 0 aliphatic carbocycles. The Morgan fingerprint density at radius 1 is 0.584 bits per heavy atom. The molecule has 0 atom stereocenters. The summed E-state index contributed by atoms with van der Waals surface area (Å²) in [6.07, 6.45) is -7.47. The summed E-state index contributed by atoms with van der Waals surface area (Å²) in [4.78, 5) is 58.1. The van der Waals surface area contributed by atoms with Gasteiger partial charge in [0.05, 0.1) is 29.4 Å². The van der Waals surface area contributed by atoms with E-state index in [1.807, 2.05) is 5.01 Å². The molecule has 6 N–H and O–H groups in total. The number of halogens is 8. The maximum absolute atomic E-state index is 14.0. The molecule has 6 aromatic rings. The fraction of sp³-hybridized carbons (Fsp3) is 0.240. The number of morpholine rings is 1. The number of ether oxygens (including phenoxy) is 5. The summed E-state index contributed by atoms with van der Waals surface area (Å²) in [5.74, 6) is -0.179. The molecule has 2 aromatic heterocycles. The predicted octanol–water partition coefficient (Wildman–Crippen LogP) is 10.8. The predicted molar refractivity (Wildman–Crippen MR) is 263 cm³/mol. The van der Waals surface area contributed by atoms with Crippen LogP contribution >= 0.6 is 11.6 Å². The summed E-state index contributed by atoms with van der Waals surface area (Å²) >= 11 is 5.61. The highest BCUT2D eigenvalue weighted by atomic mass is 35.5. The number of fused-ring (bicyclic) bond motifs is 1. The highest BCUT2D eigenvalue weighted by Crippen LogP contribution is 2.47. The zero-order chi connectivity index (χ0) is 54.7. The van der Waals surface area contributed by atoms with Crippen LogP contribution in [-0.2, 0) is 21.8 Å². The molecule has 27 heteroatoms. The third kappa shape index (κ3) is 15.6. The van der Waals surface area contributed by atoms with E-state index in [9.17, 15) is 49.9 Å². The molecule has 2 fully saturated rings. The number of carbonyl (C=O) groups excluding carboxylic acids is 4. The number of nitrogens with one attached hydrogen (secondary N) is 6. The van der Waals surface area contributed by atoms with Gasteiger partial charge in [-0.15, -0.1) is 8.78 Å². The zero-order valence-electron chi connectivity index (χ0n) is 39.9. The van der Waals surface area contributed by atoms with Crippen molar-refractivity contribution in [3.05, 3.63) is 149 Å². The lowest BCUT2D eigenvalue weighted by atomic mass is 10.1. The van der Waals surface area contributed by atoms with Gasteiger partial charge in [0.1, 0.15) is 40.1 Å². The molecule has 3 aliphatic heterocycles.